The molecule has 2 aromatic rings. The van der Waals surface area contributed by atoms with Crippen molar-refractivity contribution in [1.29, 1.82) is 0 Å². The van der Waals surface area contributed by atoms with Crippen LogP contribution < -0.4 is 0 Å². The second-order valence-corrected chi connectivity index (χ2v) is 4.48. The number of rotatable bonds is 2. The van der Waals surface area contributed by atoms with Crippen LogP contribution in [0.4, 0.5) is 0 Å². The van der Waals surface area contributed by atoms with Gasteiger partial charge in [0.25, 0.3) is 0 Å². The summed E-state index contributed by atoms with van der Waals surface area (Å²) in [6, 6.07) is 8.47. The lowest BCUT2D eigenvalue weighted by Gasteiger charge is -2.02. The van der Waals surface area contributed by atoms with E-state index in [4.69, 9.17) is 0 Å². The van der Waals surface area contributed by atoms with E-state index in [1.165, 1.54) is 16.0 Å². The van der Waals surface area contributed by atoms with Gasteiger partial charge < -0.3 is 0 Å². The molecule has 1 heterocycles. The molecule has 1 aromatic carbocycles. The van der Waals surface area contributed by atoms with E-state index in [1.807, 2.05) is 19.4 Å². The summed E-state index contributed by atoms with van der Waals surface area (Å²) in [4.78, 5) is 5.50. The highest BCUT2D eigenvalue weighted by molar-refractivity contribution is 7.13. The van der Waals surface area contributed by atoms with Crippen molar-refractivity contribution in [2.24, 2.45) is 0 Å². The molecule has 0 amide bonds. The number of aryl methyl sites for hydroxylation is 1. The van der Waals surface area contributed by atoms with Gasteiger partial charge in [0.2, 0.25) is 0 Å². The van der Waals surface area contributed by atoms with E-state index < -0.39 is 0 Å². The fourth-order valence-electron chi connectivity index (χ4n) is 1.49. The first-order chi connectivity index (χ1) is 7.18. The Bertz CT molecular complexity index is 479. The van der Waals surface area contributed by atoms with Crippen LogP contribution in [0, 0.1) is 6.92 Å². The lowest BCUT2D eigenvalue weighted by molar-refractivity contribution is 1.27. The Morgan fingerprint density at radius 1 is 1.27 bits per heavy atom. The van der Waals surface area contributed by atoms with E-state index in [-0.39, 0.29) is 0 Å². The lowest BCUT2D eigenvalue weighted by Crippen LogP contribution is -1.80. The standard InChI is InChI=1S/C13H13NS/c1-9(2)11-4-6-12(7-5-11)13-10(3)14-8-15-13/h4-8H,1H2,2-3H3. The zero-order valence-electron chi connectivity index (χ0n) is 8.95. The number of aromatic nitrogens is 1. The van der Waals surface area contributed by atoms with Crippen molar-refractivity contribution in [3.05, 3.63) is 47.6 Å². The molecule has 0 bridgehead atoms. The molecule has 0 saturated heterocycles. The average molecular weight is 215 g/mol. The Morgan fingerprint density at radius 2 is 1.93 bits per heavy atom. The summed E-state index contributed by atoms with van der Waals surface area (Å²) in [6.45, 7) is 7.99. The highest BCUT2D eigenvalue weighted by Gasteiger charge is 2.04. The Kier molecular flexibility index (Phi) is 2.69. The molecule has 0 aliphatic carbocycles. The van der Waals surface area contributed by atoms with E-state index in [0.717, 1.165) is 11.3 Å². The fraction of sp³-hybridized carbons (Fsp3) is 0.154. The Balaban J connectivity index is 2.40. The van der Waals surface area contributed by atoms with E-state index >= 15 is 0 Å². The summed E-state index contributed by atoms with van der Waals surface area (Å²) in [5, 5.41) is 0. The maximum Gasteiger partial charge on any atom is 0.0801 e. The first kappa shape index (κ1) is 10.1. The Morgan fingerprint density at radius 3 is 2.40 bits per heavy atom. The van der Waals surface area contributed by atoms with Gasteiger partial charge in [-0.25, -0.2) is 4.98 Å². The van der Waals surface area contributed by atoms with E-state index in [2.05, 4.69) is 35.8 Å². The predicted molar refractivity (Wildman–Crippen MR) is 67.0 cm³/mol. The molecule has 0 radical (unpaired) electrons. The lowest BCUT2D eigenvalue weighted by atomic mass is 10.1. The third kappa shape index (κ3) is 2.00. The Labute approximate surface area is 94.1 Å². The average Bonchev–Trinajstić information content (AvgIpc) is 2.65. The highest BCUT2D eigenvalue weighted by Crippen LogP contribution is 2.27. The van der Waals surface area contributed by atoms with Crippen molar-refractivity contribution >= 4 is 16.9 Å². The third-order valence-electron chi connectivity index (χ3n) is 2.39. The number of allylic oxidation sites excluding steroid dienone is 1. The molecule has 15 heavy (non-hydrogen) atoms. The van der Waals surface area contributed by atoms with Crippen LogP contribution in [-0.4, -0.2) is 4.98 Å². The highest BCUT2D eigenvalue weighted by atomic mass is 32.1. The molecule has 0 fully saturated rings. The number of hydrogen-bond acceptors (Lipinski definition) is 2. The summed E-state index contributed by atoms with van der Waals surface area (Å²) in [5.74, 6) is 0. The van der Waals surface area contributed by atoms with Gasteiger partial charge in [0.05, 0.1) is 16.1 Å². The van der Waals surface area contributed by atoms with Crippen LogP contribution in [-0.2, 0) is 0 Å². The van der Waals surface area contributed by atoms with Crippen LogP contribution >= 0.6 is 11.3 Å². The molecule has 2 rings (SSSR count). The monoisotopic (exact) mass is 215 g/mol. The molecule has 0 aliphatic heterocycles. The predicted octanol–water partition coefficient (Wildman–Crippen LogP) is 4.15. The zero-order valence-corrected chi connectivity index (χ0v) is 9.77. The second-order valence-electron chi connectivity index (χ2n) is 3.62. The van der Waals surface area contributed by atoms with Crippen LogP contribution in [0.5, 0.6) is 0 Å². The maximum atomic E-state index is 4.25. The van der Waals surface area contributed by atoms with Gasteiger partial charge in [-0.15, -0.1) is 11.3 Å². The first-order valence-electron chi connectivity index (χ1n) is 4.85. The van der Waals surface area contributed by atoms with Crippen molar-refractivity contribution in [3.63, 3.8) is 0 Å². The smallest absolute Gasteiger partial charge is 0.0801 e. The minimum atomic E-state index is 1.10. The fourth-order valence-corrected chi connectivity index (χ4v) is 2.30. The molecular weight excluding hydrogens is 202 g/mol. The molecule has 0 N–H and O–H groups in total. The zero-order chi connectivity index (χ0) is 10.8. The van der Waals surface area contributed by atoms with Crippen molar-refractivity contribution in [2.45, 2.75) is 13.8 Å². The minimum absolute atomic E-state index is 1.10. The molecule has 0 spiro atoms. The minimum Gasteiger partial charge on any atom is -0.249 e. The Hall–Kier alpha value is -1.41. The van der Waals surface area contributed by atoms with Crippen molar-refractivity contribution in [2.75, 3.05) is 0 Å². The van der Waals surface area contributed by atoms with Crippen molar-refractivity contribution in [3.8, 4) is 10.4 Å². The van der Waals surface area contributed by atoms with E-state index in [1.54, 1.807) is 11.3 Å². The van der Waals surface area contributed by atoms with Crippen molar-refractivity contribution in [1.82, 2.24) is 4.98 Å². The summed E-state index contributed by atoms with van der Waals surface area (Å²) < 4.78 is 0. The number of nitrogens with zero attached hydrogens (tertiary/aromatic N) is 1. The summed E-state index contributed by atoms with van der Waals surface area (Å²) >= 11 is 1.68. The molecule has 2 heteroatoms. The van der Waals surface area contributed by atoms with Gasteiger partial charge in [-0.2, -0.15) is 0 Å². The SMILES string of the molecule is C=C(C)c1ccc(-c2scnc2C)cc1. The topological polar surface area (TPSA) is 12.9 Å². The molecule has 1 aromatic heterocycles. The van der Waals surface area contributed by atoms with Crippen molar-refractivity contribution < 1.29 is 0 Å². The first-order valence-corrected chi connectivity index (χ1v) is 5.73. The van der Waals surface area contributed by atoms with E-state index in [0.29, 0.717) is 0 Å². The van der Waals surface area contributed by atoms with Crippen LogP contribution in [0.1, 0.15) is 18.2 Å². The van der Waals surface area contributed by atoms with Gasteiger partial charge in [-0.3, -0.25) is 0 Å². The molecule has 0 aliphatic rings. The number of thiazole rings is 1. The quantitative estimate of drug-likeness (QED) is 0.733. The van der Waals surface area contributed by atoms with Gasteiger partial charge in [0.15, 0.2) is 0 Å². The molecule has 0 unspecified atom stereocenters. The van der Waals surface area contributed by atoms with Gasteiger partial charge in [0, 0.05) is 0 Å². The summed E-state index contributed by atoms with van der Waals surface area (Å²) in [5.41, 5.74) is 6.52. The largest absolute Gasteiger partial charge is 0.249 e. The molecule has 76 valence electrons. The third-order valence-corrected chi connectivity index (χ3v) is 3.36. The van der Waals surface area contributed by atoms with Crippen LogP contribution in [0.2, 0.25) is 0 Å². The van der Waals surface area contributed by atoms with Crippen LogP contribution in [0.25, 0.3) is 16.0 Å². The summed E-state index contributed by atoms with van der Waals surface area (Å²) in [6.07, 6.45) is 0. The van der Waals surface area contributed by atoms with Gasteiger partial charge in [-0.05, 0) is 25.0 Å². The van der Waals surface area contributed by atoms with Gasteiger partial charge >= 0.3 is 0 Å². The van der Waals surface area contributed by atoms with Gasteiger partial charge in [0.1, 0.15) is 0 Å². The van der Waals surface area contributed by atoms with Crippen LogP contribution in [0.15, 0.2) is 36.4 Å². The molecule has 1 nitrogen and oxygen atoms in total. The van der Waals surface area contributed by atoms with Crippen LogP contribution in [0.3, 0.4) is 0 Å². The number of benzene rings is 1. The maximum absolute atomic E-state index is 4.25. The molecule has 0 atom stereocenters. The second kappa shape index (κ2) is 3.99. The van der Waals surface area contributed by atoms with E-state index in [9.17, 15) is 0 Å². The molecule has 0 saturated carbocycles. The van der Waals surface area contributed by atoms with Gasteiger partial charge in [-0.1, -0.05) is 36.4 Å². The normalized spacial score (nSPS) is 10.3. The summed E-state index contributed by atoms with van der Waals surface area (Å²) in [7, 11) is 0. The molecular formula is C13H13NS. The number of hydrogen-bond donors (Lipinski definition) is 0.